The number of amides is 2. The average Bonchev–Trinajstić information content (AvgIpc) is 3.14. The van der Waals surface area contributed by atoms with E-state index < -0.39 is 36.1 Å². The lowest BCUT2D eigenvalue weighted by atomic mass is 10.1. The predicted molar refractivity (Wildman–Crippen MR) is 136 cm³/mol. The van der Waals surface area contributed by atoms with Crippen LogP contribution in [0.5, 0.6) is 0 Å². The van der Waals surface area contributed by atoms with E-state index in [1.54, 1.807) is 0 Å². The molecule has 0 saturated carbocycles. The minimum atomic E-state index is -0.852. The molecule has 0 bridgehead atoms. The van der Waals surface area contributed by atoms with Gasteiger partial charge in [0.15, 0.2) is 6.61 Å². The Kier molecular flexibility index (Phi) is 7.71. The third kappa shape index (κ3) is 5.40. The van der Waals surface area contributed by atoms with Crippen LogP contribution in [0.4, 0.5) is 5.69 Å². The molecule has 8 nitrogen and oxygen atoms in total. The smallest absolute Gasteiger partial charge is 0.338 e. The van der Waals surface area contributed by atoms with Gasteiger partial charge in [-0.1, -0.05) is 30.1 Å². The van der Waals surface area contributed by atoms with E-state index in [1.165, 1.54) is 60.7 Å². The Labute approximate surface area is 221 Å². The highest BCUT2D eigenvalue weighted by Gasteiger charge is 2.37. The number of nitrogens with zero attached hydrogens (tertiary/aromatic N) is 1. The first-order valence-electron chi connectivity index (χ1n) is 11.2. The van der Waals surface area contributed by atoms with Crippen LogP contribution in [0, 0.1) is 0 Å². The number of halogens is 2. The molecule has 10 heteroatoms. The number of ether oxygens (including phenoxy) is 2. The second-order valence-corrected chi connectivity index (χ2v) is 8.86. The van der Waals surface area contributed by atoms with Crippen LogP contribution < -0.4 is 4.90 Å². The fraction of sp³-hybridized carbons (Fsp3) is 0.148. The first-order valence-corrected chi connectivity index (χ1v) is 11.9. The summed E-state index contributed by atoms with van der Waals surface area (Å²) >= 11 is 11.8. The summed E-state index contributed by atoms with van der Waals surface area (Å²) < 4.78 is 10.2. The normalized spacial score (nSPS) is 12.4. The number of Topliss-reactive ketones (excluding diaryl/α,β-unsaturated/α-hetero) is 1. The monoisotopic (exact) mass is 539 g/mol. The summed E-state index contributed by atoms with van der Waals surface area (Å²) in [5.74, 6) is -3.10. The van der Waals surface area contributed by atoms with E-state index in [2.05, 4.69) is 0 Å². The highest BCUT2D eigenvalue weighted by Crippen LogP contribution is 2.30. The van der Waals surface area contributed by atoms with Gasteiger partial charge in [0.05, 0.1) is 39.6 Å². The van der Waals surface area contributed by atoms with Gasteiger partial charge in [-0.2, -0.15) is 0 Å². The van der Waals surface area contributed by atoms with Crippen molar-refractivity contribution in [2.75, 3.05) is 18.1 Å². The Balaban J connectivity index is 1.47. The number of carbonyl (C=O) groups excluding carboxylic acids is 5. The molecule has 0 atom stereocenters. The van der Waals surface area contributed by atoms with Gasteiger partial charge in [-0.25, -0.2) is 14.5 Å². The van der Waals surface area contributed by atoms with Crippen molar-refractivity contribution in [3.63, 3.8) is 0 Å². The van der Waals surface area contributed by atoms with Crippen molar-refractivity contribution in [1.29, 1.82) is 0 Å². The molecule has 0 saturated heterocycles. The lowest BCUT2D eigenvalue weighted by Gasteiger charge is -2.14. The number of imide groups is 1. The zero-order valence-corrected chi connectivity index (χ0v) is 21.0. The first kappa shape index (κ1) is 26.1. The molecule has 1 aliphatic heterocycles. The summed E-state index contributed by atoms with van der Waals surface area (Å²) in [5, 5.41) is 0.483. The van der Waals surface area contributed by atoms with Crippen LogP contribution in [0.25, 0.3) is 0 Å². The van der Waals surface area contributed by atoms with Crippen LogP contribution in [0.3, 0.4) is 0 Å². The van der Waals surface area contributed by atoms with E-state index in [0.717, 1.165) is 4.90 Å². The summed E-state index contributed by atoms with van der Waals surface area (Å²) in [4.78, 5) is 63.8. The van der Waals surface area contributed by atoms with E-state index in [0.29, 0.717) is 11.4 Å². The van der Waals surface area contributed by atoms with Crippen LogP contribution in [0.2, 0.25) is 10.0 Å². The molecule has 1 aliphatic rings. The standard InChI is InChI=1S/C27H19Cl2NO7/c1-2-11-36-26(34)15-3-7-18(8-4-15)30-24(32)19-9-5-16(12-21(19)25(30)33)27(35)37-14-23(31)20-10-6-17(28)13-22(20)29/h3-10,12-13H,2,11,14H2,1H3. The molecule has 0 aromatic heterocycles. The average molecular weight is 540 g/mol. The van der Waals surface area contributed by atoms with Crippen molar-refractivity contribution in [3.05, 3.63) is 98.5 Å². The number of fused-ring (bicyclic) bond motifs is 1. The SMILES string of the molecule is CCCOC(=O)c1ccc(N2C(=O)c3ccc(C(=O)OCC(=O)c4ccc(Cl)cc4Cl)cc3C2=O)cc1. The topological polar surface area (TPSA) is 107 Å². The molecule has 0 spiro atoms. The van der Waals surface area contributed by atoms with Crippen LogP contribution in [-0.4, -0.2) is 42.7 Å². The third-order valence-corrected chi connectivity index (χ3v) is 6.03. The summed E-state index contributed by atoms with van der Waals surface area (Å²) in [6, 6.07) is 14.1. The lowest BCUT2D eigenvalue weighted by molar-refractivity contribution is 0.0474. The second kappa shape index (κ2) is 10.9. The molecular formula is C27H19Cl2NO7. The van der Waals surface area contributed by atoms with Crippen molar-refractivity contribution in [1.82, 2.24) is 0 Å². The molecule has 3 aromatic carbocycles. The highest BCUT2D eigenvalue weighted by molar-refractivity contribution is 6.37. The van der Waals surface area contributed by atoms with Gasteiger partial charge in [-0.05, 0) is 67.1 Å². The van der Waals surface area contributed by atoms with E-state index in [9.17, 15) is 24.0 Å². The van der Waals surface area contributed by atoms with E-state index >= 15 is 0 Å². The number of rotatable bonds is 8. The van der Waals surface area contributed by atoms with Crippen molar-refractivity contribution >= 4 is 58.4 Å². The fourth-order valence-electron chi connectivity index (χ4n) is 3.63. The minimum absolute atomic E-state index is 0.00855. The number of carbonyl (C=O) groups is 5. The highest BCUT2D eigenvalue weighted by atomic mass is 35.5. The van der Waals surface area contributed by atoms with Crippen LogP contribution in [-0.2, 0) is 9.47 Å². The molecule has 0 N–H and O–H groups in total. The molecule has 3 aromatic rings. The summed E-state index contributed by atoms with van der Waals surface area (Å²) in [5.41, 5.74) is 0.802. The minimum Gasteiger partial charge on any atom is -0.462 e. The summed E-state index contributed by atoms with van der Waals surface area (Å²) in [7, 11) is 0. The maximum atomic E-state index is 13.0. The van der Waals surface area contributed by atoms with Gasteiger partial charge in [-0.3, -0.25) is 14.4 Å². The van der Waals surface area contributed by atoms with Gasteiger partial charge < -0.3 is 9.47 Å². The number of benzene rings is 3. The van der Waals surface area contributed by atoms with Gasteiger partial charge in [0.1, 0.15) is 0 Å². The second-order valence-electron chi connectivity index (χ2n) is 8.01. The molecule has 0 aliphatic carbocycles. The van der Waals surface area contributed by atoms with Crippen molar-refractivity contribution in [2.24, 2.45) is 0 Å². The Hall–Kier alpha value is -4.01. The quantitative estimate of drug-likeness (QED) is 0.214. The predicted octanol–water partition coefficient (Wildman–Crippen LogP) is 5.40. The number of hydrogen-bond donors (Lipinski definition) is 0. The maximum Gasteiger partial charge on any atom is 0.338 e. The van der Waals surface area contributed by atoms with Crippen molar-refractivity contribution in [2.45, 2.75) is 13.3 Å². The third-order valence-electron chi connectivity index (χ3n) is 5.49. The fourth-order valence-corrected chi connectivity index (χ4v) is 4.15. The zero-order chi connectivity index (χ0) is 26.7. The number of ketones is 1. The lowest BCUT2D eigenvalue weighted by Crippen LogP contribution is -2.29. The van der Waals surface area contributed by atoms with Gasteiger partial charge >= 0.3 is 11.9 Å². The molecule has 0 radical (unpaired) electrons. The molecular weight excluding hydrogens is 521 g/mol. The molecule has 37 heavy (non-hydrogen) atoms. The molecule has 2 amide bonds. The van der Waals surface area contributed by atoms with Crippen LogP contribution >= 0.6 is 23.2 Å². The van der Waals surface area contributed by atoms with Gasteiger partial charge in [0, 0.05) is 10.6 Å². The first-order chi connectivity index (χ1) is 17.7. The van der Waals surface area contributed by atoms with E-state index in [-0.39, 0.29) is 45.1 Å². The van der Waals surface area contributed by atoms with Crippen molar-refractivity contribution < 1.29 is 33.4 Å². The summed E-state index contributed by atoms with van der Waals surface area (Å²) in [6.45, 7) is 1.58. The van der Waals surface area contributed by atoms with Gasteiger partial charge in [0.2, 0.25) is 5.78 Å². The van der Waals surface area contributed by atoms with Gasteiger partial charge in [0.25, 0.3) is 11.8 Å². The Morgan fingerprint density at radius 3 is 2.11 bits per heavy atom. The maximum absolute atomic E-state index is 13.0. The van der Waals surface area contributed by atoms with Gasteiger partial charge in [-0.15, -0.1) is 0 Å². The Morgan fingerprint density at radius 1 is 0.784 bits per heavy atom. The molecule has 0 unspecified atom stereocenters. The number of hydrogen-bond acceptors (Lipinski definition) is 7. The zero-order valence-electron chi connectivity index (χ0n) is 19.5. The Morgan fingerprint density at radius 2 is 1.43 bits per heavy atom. The van der Waals surface area contributed by atoms with E-state index in [4.69, 9.17) is 32.7 Å². The molecule has 1 heterocycles. The Bertz CT molecular complexity index is 1430. The summed E-state index contributed by atoms with van der Waals surface area (Å²) in [6.07, 6.45) is 0.682. The van der Waals surface area contributed by atoms with E-state index in [1.807, 2.05) is 6.92 Å². The molecule has 4 rings (SSSR count). The van der Waals surface area contributed by atoms with Crippen LogP contribution in [0.15, 0.2) is 60.7 Å². The number of anilines is 1. The van der Waals surface area contributed by atoms with Crippen molar-refractivity contribution in [3.8, 4) is 0 Å². The van der Waals surface area contributed by atoms with Crippen LogP contribution in [0.1, 0.15) is 65.1 Å². The molecule has 188 valence electrons. The number of esters is 2. The largest absolute Gasteiger partial charge is 0.462 e. The molecule has 0 fully saturated rings.